The summed E-state index contributed by atoms with van der Waals surface area (Å²) < 4.78 is 0. The highest BCUT2D eigenvalue weighted by Gasteiger charge is 2.59. The fraction of sp³-hybridized carbons (Fsp3) is 0.857. The maximum Gasteiger partial charge on any atom is 0.224 e. The number of fused-ring (bicyclic) bond motifs is 5. The van der Waals surface area contributed by atoms with Crippen molar-refractivity contribution < 1.29 is 9.90 Å². The lowest BCUT2D eigenvalue weighted by molar-refractivity contribution is -0.125. The van der Waals surface area contributed by atoms with Crippen LogP contribution in [0.5, 0.6) is 0 Å². The molecule has 3 nitrogen and oxygen atoms in total. The minimum Gasteiger partial charge on any atom is -0.393 e. The largest absolute Gasteiger partial charge is 0.393 e. The molecule has 0 bridgehead atoms. The van der Waals surface area contributed by atoms with E-state index in [9.17, 15) is 9.90 Å². The predicted octanol–water partition coefficient (Wildman–Crippen LogP) is 4.27. The van der Waals surface area contributed by atoms with Gasteiger partial charge in [0.2, 0.25) is 5.91 Å². The maximum absolute atomic E-state index is 11.8. The Morgan fingerprint density at radius 2 is 1.92 bits per heavy atom. The fourth-order valence-corrected chi connectivity index (χ4v) is 6.55. The zero-order valence-corrected chi connectivity index (χ0v) is 16.1. The van der Waals surface area contributed by atoms with E-state index in [2.05, 4.69) is 32.2 Å². The number of aliphatic hydroxyl groups is 1. The number of hydrogen-bond acceptors (Lipinski definition) is 2. The predicted molar refractivity (Wildman–Crippen MR) is 97.1 cm³/mol. The van der Waals surface area contributed by atoms with Crippen molar-refractivity contribution in [2.24, 2.45) is 34.5 Å². The topological polar surface area (TPSA) is 49.3 Å². The van der Waals surface area contributed by atoms with Crippen molar-refractivity contribution in [2.75, 3.05) is 0 Å². The highest BCUT2D eigenvalue weighted by molar-refractivity contribution is 5.79. The lowest BCUT2D eigenvalue weighted by Crippen LogP contribution is -2.54. The summed E-state index contributed by atoms with van der Waals surface area (Å²) in [4.78, 5) is 11.8. The minimum absolute atomic E-state index is 0.106. The second-order valence-electron chi connectivity index (χ2n) is 8.98. The molecule has 7 atom stereocenters. The minimum atomic E-state index is -0.106. The summed E-state index contributed by atoms with van der Waals surface area (Å²) in [6, 6.07) is 0. The number of aliphatic hydroxyl groups excluding tert-OH is 1. The first-order valence-corrected chi connectivity index (χ1v) is 10.0. The molecule has 136 valence electrons. The molecule has 1 aliphatic heterocycles. The second kappa shape index (κ2) is 6.16. The van der Waals surface area contributed by atoms with Crippen molar-refractivity contribution in [1.29, 1.82) is 0 Å². The molecule has 4 aliphatic rings. The second-order valence-corrected chi connectivity index (χ2v) is 8.98. The van der Waals surface area contributed by atoms with Crippen LogP contribution in [0.4, 0.5) is 0 Å². The summed E-state index contributed by atoms with van der Waals surface area (Å²) in [6.45, 7) is 11.1. The van der Waals surface area contributed by atoms with E-state index >= 15 is 0 Å². The number of nitrogens with one attached hydrogen (secondary N) is 1. The molecule has 0 spiro atoms. The molecule has 3 fully saturated rings. The Bertz CT molecular complexity index is 542. The van der Waals surface area contributed by atoms with E-state index in [1.54, 1.807) is 0 Å². The lowest BCUT2D eigenvalue weighted by atomic mass is 9.48. The van der Waals surface area contributed by atoms with Crippen LogP contribution in [0.1, 0.15) is 73.1 Å². The molecule has 1 amide bonds. The molecule has 2 N–H and O–H groups in total. The fourth-order valence-electron chi connectivity index (χ4n) is 6.55. The van der Waals surface area contributed by atoms with Crippen molar-refractivity contribution in [2.45, 2.75) is 79.2 Å². The van der Waals surface area contributed by atoms with E-state index in [-0.39, 0.29) is 17.4 Å². The van der Waals surface area contributed by atoms with E-state index in [4.69, 9.17) is 0 Å². The summed E-state index contributed by atoms with van der Waals surface area (Å²) in [6.07, 6.45) is 8.34. The summed E-state index contributed by atoms with van der Waals surface area (Å²) in [5.74, 6) is 2.65. The van der Waals surface area contributed by atoms with Crippen LogP contribution < -0.4 is 5.32 Å². The van der Waals surface area contributed by atoms with Gasteiger partial charge in [0.25, 0.3) is 0 Å². The number of amides is 1. The first-order valence-electron chi connectivity index (χ1n) is 10.0. The molecule has 3 heteroatoms. The van der Waals surface area contributed by atoms with Crippen LogP contribution in [-0.2, 0) is 4.79 Å². The van der Waals surface area contributed by atoms with E-state index in [1.807, 2.05) is 13.8 Å². The van der Waals surface area contributed by atoms with Gasteiger partial charge in [0.15, 0.2) is 0 Å². The van der Waals surface area contributed by atoms with Gasteiger partial charge in [0.05, 0.1) is 6.10 Å². The van der Waals surface area contributed by atoms with Gasteiger partial charge >= 0.3 is 0 Å². The van der Waals surface area contributed by atoms with Gasteiger partial charge in [0.1, 0.15) is 0 Å². The molecule has 1 saturated heterocycles. The molecule has 7 unspecified atom stereocenters. The zero-order valence-electron chi connectivity index (χ0n) is 16.1. The van der Waals surface area contributed by atoms with Crippen LogP contribution in [0.15, 0.2) is 11.8 Å². The number of piperidine rings is 1. The van der Waals surface area contributed by atoms with Crippen molar-refractivity contribution >= 4 is 5.91 Å². The van der Waals surface area contributed by atoms with Crippen molar-refractivity contribution in [1.82, 2.24) is 5.32 Å². The molecular weight excluding hydrogens is 298 g/mol. The Hall–Kier alpha value is -0.830. The molecule has 2 saturated carbocycles. The first-order chi connectivity index (χ1) is 11.3. The molecule has 0 radical (unpaired) electrons. The summed E-state index contributed by atoms with van der Waals surface area (Å²) in [7, 11) is 0. The van der Waals surface area contributed by atoms with E-state index < -0.39 is 0 Å². The van der Waals surface area contributed by atoms with Gasteiger partial charge in [-0.1, -0.05) is 40.7 Å². The quantitative estimate of drug-likeness (QED) is 0.695. The molecule has 0 aromatic heterocycles. The van der Waals surface area contributed by atoms with Gasteiger partial charge in [-0.3, -0.25) is 4.79 Å². The van der Waals surface area contributed by atoms with Gasteiger partial charge in [0, 0.05) is 17.5 Å². The monoisotopic (exact) mass is 333 g/mol. The molecule has 1 heterocycles. The van der Waals surface area contributed by atoms with Crippen LogP contribution in [0.25, 0.3) is 0 Å². The number of allylic oxidation sites excluding steroid dienone is 2. The van der Waals surface area contributed by atoms with Crippen molar-refractivity contribution in [3.8, 4) is 0 Å². The smallest absolute Gasteiger partial charge is 0.224 e. The van der Waals surface area contributed by atoms with Gasteiger partial charge in [-0.25, -0.2) is 0 Å². The highest BCUT2D eigenvalue weighted by Crippen LogP contribution is 2.64. The average molecular weight is 334 g/mol. The van der Waals surface area contributed by atoms with Gasteiger partial charge in [-0.2, -0.15) is 0 Å². The highest BCUT2D eigenvalue weighted by atomic mass is 16.3. The van der Waals surface area contributed by atoms with Crippen LogP contribution >= 0.6 is 0 Å². The molecule has 4 rings (SSSR count). The molecule has 0 aromatic rings. The average Bonchev–Trinajstić information content (AvgIpc) is 2.85. The Labute approximate surface area is 147 Å². The van der Waals surface area contributed by atoms with E-state index in [1.165, 1.54) is 18.5 Å². The van der Waals surface area contributed by atoms with Gasteiger partial charge < -0.3 is 10.4 Å². The molecule has 0 aromatic carbocycles. The Balaban J connectivity index is 0.000000815. The standard InChI is InChI=1S/C19H29NO2.C2H6/c1-11-8-15-19(3,7-5-16(22)20-15)13-4-6-18(2)10-12(21)9-14(18)17(11)13;1-2/h8,11-14,17,21H,4-7,9-10H2,1-3H3,(H,20,22);1-2H3. The zero-order chi connectivity index (χ0) is 17.7. The Kier molecular flexibility index (Phi) is 4.61. The third kappa shape index (κ3) is 2.55. The maximum atomic E-state index is 11.8. The number of rotatable bonds is 0. The third-order valence-electron chi connectivity index (χ3n) is 7.69. The van der Waals surface area contributed by atoms with Crippen LogP contribution in [0, 0.1) is 34.5 Å². The Morgan fingerprint density at radius 1 is 1.21 bits per heavy atom. The Morgan fingerprint density at radius 3 is 2.62 bits per heavy atom. The van der Waals surface area contributed by atoms with E-state index in [0.29, 0.717) is 35.5 Å². The molecular formula is C21H35NO2. The summed E-state index contributed by atoms with van der Waals surface area (Å²) in [5.41, 5.74) is 1.66. The number of hydrogen-bond donors (Lipinski definition) is 2. The van der Waals surface area contributed by atoms with Crippen LogP contribution in [-0.4, -0.2) is 17.1 Å². The third-order valence-corrected chi connectivity index (χ3v) is 7.69. The SMILES string of the molecule is CC.CC1C=C2NC(=O)CCC2(C)C2CCC3(C)CC(O)CC3C12. The number of carbonyl (C=O) groups is 1. The summed E-state index contributed by atoms with van der Waals surface area (Å²) in [5, 5.41) is 13.4. The first kappa shape index (κ1) is 18.0. The van der Waals surface area contributed by atoms with Gasteiger partial charge in [-0.15, -0.1) is 0 Å². The van der Waals surface area contributed by atoms with Gasteiger partial charge in [-0.05, 0) is 61.2 Å². The van der Waals surface area contributed by atoms with Crippen LogP contribution in [0.3, 0.4) is 0 Å². The normalized spacial score (nSPS) is 49.7. The van der Waals surface area contributed by atoms with Crippen molar-refractivity contribution in [3.05, 3.63) is 11.8 Å². The summed E-state index contributed by atoms with van der Waals surface area (Å²) >= 11 is 0. The number of carbonyl (C=O) groups excluding carboxylic acids is 1. The van der Waals surface area contributed by atoms with E-state index in [0.717, 1.165) is 19.3 Å². The van der Waals surface area contributed by atoms with Crippen molar-refractivity contribution in [3.63, 3.8) is 0 Å². The molecule has 24 heavy (non-hydrogen) atoms. The van der Waals surface area contributed by atoms with Crippen LogP contribution in [0.2, 0.25) is 0 Å². The molecule has 3 aliphatic carbocycles. The lowest BCUT2D eigenvalue weighted by Gasteiger charge is -2.58.